The van der Waals surface area contributed by atoms with Crippen molar-refractivity contribution in [3.05, 3.63) is 35.9 Å². The Morgan fingerprint density at radius 2 is 2.11 bits per heavy atom. The van der Waals surface area contributed by atoms with Crippen LogP contribution < -0.4 is 5.32 Å². The molecular formula is C14H21NO3. The summed E-state index contributed by atoms with van der Waals surface area (Å²) in [6, 6.07) is 9.31. The van der Waals surface area contributed by atoms with Crippen LogP contribution in [-0.2, 0) is 9.53 Å². The maximum Gasteiger partial charge on any atom is 0.319 e. The number of hydrogen-bond donors (Lipinski definition) is 2. The monoisotopic (exact) mass is 251 g/mol. The van der Waals surface area contributed by atoms with Crippen LogP contribution in [0.25, 0.3) is 0 Å². The lowest BCUT2D eigenvalue weighted by molar-refractivity contribution is -0.142. The summed E-state index contributed by atoms with van der Waals surface area (Å²) in [5, 5.41) is 12.3. The molecule has 18 heavy (non-hydrogen) atoms. The summed E-state index contributed by atoms with van der Waals surface area (Å²) in [5.74, 6) is -0.280. The minimum Gasteiger partial charge on any atom is -0.465 e. The van der Waals surface area contributed by atoms with E-state index in [0.29, 0.717) is 6.61 Å². The smallest absolute Gasteiger partial charge is 0.319 e. The van der Waals surface area contributed by atoms with E-state index in [1.54, 1.807) is 0 Å². The predicted octanol–water partition coefficient (Wildman–Crippen LogP) is 1.65. The molecule has 0 spiro atoms. The normalized spacial score (nSPS) is 12.1. The van der Waals surface area contributed by atoms with Gasteiger partial charge in [-0.15, -0.1) is 0 Å². The minimum absolute atomic E-state index is 0.0494. The van der Waals surface area contributed by atoms with Gasteiger partial charge >= 0.3 is 5.97 Å². The van der Waals surface area contributed by atoms with Crippen molar-refractivity contribution in [2.45, 2.75) is 25.8 Å². The second kappa shape index (κ2) is 8.66. The number of nitrogens with one attached hydrogen (secondary N) is 1. The van der Waals surface area contributed by atoms with Crippen molar-refractivity contribution in [2.75, 3.05) is 19.8 Å². The Balaban J connectivity index is 2.34. The van der Waals surface area contributed by atoms with E-state index >= 15 is 0 Å². The van der Waals surface area contributed by atoms with Crippen LogP contribution in [0.15, 0.2) is 30.3 Å². The minimum atomic E-state index is -0.280. The third-order valence-electron chi connectivity index (χ3n) is 2.64. The lowest BCUT2D eigenvalue weighted by Crippen LogP contribution is -2.31. The molecule has 0 saturated heterocycles. The summed E-state index contributed by atoms with van der Waals surface area (Å²) in [6.45, 7) is 2.57. The molecule has 0 bridgehead atoms. The fourth-order valence-corrected chi connectivity index (χ4v) is 1.56. The van der Waals surface area contributed by atoms with Crippen molar-refractivity contribution in [1.82, 2.24) is 5.32 Å². The molecule has 0 amide bonds. The summed E-state index contributed by atoms with van der Waals surface area (Å²) in [4.78, 5) is 11.4. The SMILES string of the molecule is CCCCOC(=O)CNC(CO)c1ccccc1. The van der Waals surface area contributed by atoms with Gasteiger partial charge in [0.2, 0.25) is 0 Å². The summed E-state index contributed by atoms with van der Waals surface area (Å²) < 4.78 is 5.03. The summed E-state index contributed by atoms with van der Waals surface area (Å²) in [7, 11) is 0. The topological polar surface area (TPSA) is 58.6 Å². The molecule has 0 aromatic heterocycles. The summed E-state index contributed by atoms with van der Waals surface area (Å²) in [6.07, 6.45) is 1.89. The first-order valence-corrected chi connectivity index (χ1v) is 6.32. The van der Waals surface area contributed by atoms with Gasteiger partial charge in [0.15, 0.2) is 0 Å². The average Bonchev–Trinajstić information content (AvgIpc) is 2.41. The maximum absolute atomic E-state index is 11.4. The highest BCUT2D eigenvalue weighted by molar-refractivity contribution is 5.71. The molecule has 4 nitrogen and oxygen atoms in total. The Morgan fingerprint density at radius 3 is 2.72 bits per heavy atom. The van der Waals surface area contributed by atoms with Gasteiger partial charge in [0, 0.05) is 0 Å². The summed E-state index contributed by atoms with van der Waals surface area (Å²) >= 11 is 0. The number of carbonyl (C=O) groups excluding carboxylic acids is 1. The van der Waals surface area contributed by atoms with Crippen LogP contribution in [0.4, 0.5) is 0 Å². The van der Waals surface area contributed by atoms with Crippen molar-refractivity contribution >= 4 is 5.97 Å². The molecule has 100 valence electrons. The molecule has 1 rings (SSSR count). The van der Waals surface area contributed by atoms with Gasteiger partial charge in [-0.1, -0.05) is 43.7 Å². The second-order valence-corrected chi connectivity index (χ2v) is 4.10. The van der Waals surface area contributed by atoms with E-state index in [9.17, 15) is 9.90 Å². The number of aliphatic hydroxyl groups is 1. The lowest BCUT2D eigenvalue weighted by atomic mass is 10.1. The Morgan fingerprint density at radius 1 is 1.39 bits per heavy atom. The lowest BCUT2D eigenvalue weighted by Gasteiger charge is -2.16. The molecule has 0 radical (unpaired) electrons. The van der Waals surface area contributed by atoms with Crippen molar-refractivity contribution in [3.63, 3.8) is 0 Å². The van der Waals surface area contributed by atoms with Crippen LogP contribution in [0, 0.1) is 0 Å². The van der Waals surface area contributed by atoms with E-state index in [0.717, 1.165) is 18.4 Å². The largest absolute Gasteiger partial charge is 0.465 e. The van der Waals surface area contributed by atoms with Crippen LogP contribution in [0.1, 0.15) is 31.4 Å². The van der Waals surface area contributed by atoms with E-state index in [2.05, 4.69) is 5.32 Å². The molecule has 1 aromatic carbocycles. The molecule has 0 aliphatic rings. The average molecular weight is 251 g/mol. The van der Waals surface area contributed by atoms with Crippen molar-refractivity contribution in [2.24, 2.45) is 0 Å². The number of ether oxygens (including phenoxy) is 1. The van der Waals surface area contributed by atoms with E-state index in [-0.39, 0.29) is 25.2 Å². The van der Waals surface area contributed by atoms with Gasteiger partial charge in [-0.2, -0.15) is 0 Å². The number of benzene rings is 1. The number of aliphatic hydroxyl groups excluding tert-OH is 1. The first-order chi connectivity index (χ1) is 8.77. The fraction of sp³-hybridized carbons (Fsp3) is 0.500. The molecule has 0 aliphatic carbocycles. The van der Waals surface area contributed by atoms with Gasteiger partial charge in [-0.05, 0) is 12.0 Å². The zero-order valence-corrected chi connectivity index (χ0v) is 10.8. The van der Waals surface area contributed by atoms with Gasteiger partial charge in [-0.25, -0.2) is 0 Å². The molecule has 2 N–H and O–H groups in total. The number of hydrogen-bond acceptors (Lipinski definition) is 4. The first-order valence-electron chi connectivity index (χ1n) is 6.32. The molecule has 1 aromatic rings. The van der Waals surface area contributed by atoms with Crippen LogP contribution >= 0.6 is 0 Å². The molecule has 0 fully saturated rings. The highest BCUT2D eigenvalue weighted by atomic mass is 16.5. The molecule has 0 heterocycles. The fourth-order valence-electron chi connectivity index (χ4n) is 1.56. The zero-order valence-electron chi connectivity index (χ0n) is 10.8. The zero-order chi connectivity index (χ0) is 13.2. The Hall–Kier alpha value is -1.39. The van der Waals surface area contributed by atoms with Crippen molar-refractivity contribution < 1.29 is 14.6 Å². The van der Waals surface area contributed by atoms with Crippen molar-refractivity contribution in [1.29, 1.82) is 0 Å². The standard InChI is InChI=1S/C14H21NO3/c1-2-3-9-18-14(17)10-15-13(11-16)12-7-5-4-6-8-12/h4-8,13,15-16H,2-3,9-11H2,1H3. The highest BCUT2D eigenvalue weighted by Crippen LogP contribution is 2.10. The predicted molar refractivity (Wildman–Crippen MR) is 70.1 cm³/mol. The maximum atomic E-state index is 11.4. The Labute approximate surface area is 108 Å². The number of esters is 1. The molecule has 0 aliphatic heterocycles. The molecule has 4 heteroatoms. The van der Waals surface area contributed by atoms with E-state index in [1.807, 2.05) is 37.3 Å². The quantitative estimate of drug-likeness (QED) is 0.545. The van der Waals surface area contributed by atoms with E-state index < -0.39 is 0 Å². The first kappa shape index (κ1) is 14.7. The van der Waals surface area contributed by atoms with Gasteiger partial charge in [0.1, 0.15) is 0 Å². The van der Waals surface area contributed by atoms with E-state index in [4.69, 9.17) is 4.74 Å². The van der Waals surface area contributed by atoms with Gasteiger partial charge < -0.3 is 9.84 Å². The Bertz CT molecular complexity index is 340. The molecular weight excluding hydrogens is 230 g/mol. The molecule has 0 saturated carbocycles. The van der Waals surface area contributed by atoms with Crippen LogP contribution in [-0.4, -0.2) is 30.8 Å². The van der Waals surface area contributed by atoms with Gasteiger partial charge in [-0.3, -0.25) is 10.1 Å². The third kappa shape index (κ3) is 5.29. The Kier molecular flexibility index (Phi) is 7.06. The van der Waals surface area contributed by atoms with Gasteiger partial charge in [0.05, 0.1) is 25.8 Å². The van der Waals surface area contributed by atoms with Crippen LogP contribution in [0.3, 0.4) is 0 Å². The van der Waals surface area contributed by atoms with Gasteiger partial charge in [0.25, 0.3) is 0 Å². The second-order valence-electron chi connectivity index (χ2n) is 4.10. The highest BCUT2D eigenvalue weighted by Gasteiger charge is 2.11. The summed E-state index contributed by atoms with van der Waals surface area (Å²) in [5.41, 5.74) is 0.960. The molecule has 1 unspecified atom stereocenters. The van der Waals surface area contributed by atoms with Crippen LogP contribution in [0.5, 0.6) is 0 Å². The number of rotatable bonds is 8. The number of unbranched alkanes of at least 4 members (excludes halogenated alkanes) is 1. The van der Waals surface area contributed by atoms with Crippen molar-refractivity contribution in [3.8, 4) is 0 Å². The third-order valence-corrected chi connectivity index (χ3v) is 2.64. The molecule has 1 atom stereocenters. The number of carbonyl (C=O) groups is 1. The van der Waals surface area contributed by atoms with E-state index in [1.165, 1.54) is 0 Å². The van der Waals surface area contributed by atoms with Crippen LogP contribution in [0.2, 0.25) is 0 Å².